The number of carbonyl (C=O) groups is 2. The van der Waals surface area contributed by atoms with Gasteiger partial charge in [0.05, 0.1) is 26.2 Å². The van der Waals surface area contributed by atoms with E-state index in [9.17, 15) is 22.8 Å². The van der Waals surface area contributed by atoms with Crippen LogP contribution >= 0.6 is 0 Å². The van der Waals surface area contributed by atoms with E-state index in [-0.39, 0.29) is 30.1 Å². The van der Waals surface area contributed by atoms with Crippen molar-refractivity contribution >= 4 is 35.0 Å². The van der Waals surface area contributed by atoms with Crippen molar-refractivity contribution in [3.63, 3.8) is 0 Å². The molecule has 2 aliphatic heterocycles. The first-order chi connectivity index (χ1) is 18.7. The first kappa shape index (κ1) is 28.4. The Hall–Kier alpha value is -3.61. The average Bonchev–Trinajstić information content (AvgIpc) is 3.11. The van der Waals surface area contributed by atoms with Crippen molar-refractivity contribution in [1.29, 1.82) is 0 Å². The maximum atomic E-state index is 13.7. The number of hydrogen-bond acceptors (Lipinski definition) is 8. The van der Waals surface area contributed by atoms with Gasteiger partial charge in [-0.15, -0.1) is 0 Å². The number of nitrogens with zero attached hydrogens (tertiary/aromatic N) is 5. The number of benzene rings is 1. The lowest BCUT2D eigenvalue weighted by molar-refractivity contribution is -0.137. The minimum atomic E-state index is -4.63. The van der Waals surface area contributed by atoms with Crippen LogP contribution in [-0.4, -0.2) is 91.1 Å². The van der Waals surface area contributed by atoms with Gasteiger partial charge in [-0.2, -0.15) is 18.2 Å². The standard InChI is InChI=1S/C26H34F3N7O3/c1-3-18-15-19(36-11-10-34(2)23(38)17-36)5-6-21(18)32-25-31-16-20(26(27,28)29)24(33-25)30-8-4-9-35-12-14-39-13-7-22(35)37/h5-6,15-16H,3-4,7-14,17H2,1-2H3,(H2,30,31,32,33). The Bertz CT molecular complexity index is 1180. The van der Waals surface area contributed by atoms with Crippen molar-refractivity contribution in [1.82, 2.24) is 19.8 Å². The van der Waals surface area contributed by atoms with E-state index < -0.39 is 11.7 Å². The molecular weight excluding hydrogens is 515 g/mol. The number of amides is 2. The van der Waals surface area contributed by atoms with E-state index in [2.05, 4.69) is 20.6 Å². The number of anilines is 4. The van der Waals surface area contributed by atoms with E-state index in [4.69, 9.17) is 4.74 Å². The third kappa shape index (κ3) is 7.28. The van der Waals surface area contributed by atoms with Crippen LogP contribution in [0.5, 0.6) is 0 Å². The Morgan fingerprint density at radius 3 is 2.67 bits per heavy atom. The summed E-state index contributed by atoms with van der Waals surface area (Å²) in [5.74, 6) is -0.264. The van der Waals surface area contributed by atoms with Crippen molar-refractivity contribution in [3.8, 4) is 0 Å². The molecule has 10 nitrogen and oxygen atoms in total. The maximum Gasteiger partial charge on any atom is 0.421 e. The minimum absolute atomic E-state index is 0.0195. The van der Waals surface area contributed by atoms with E-state index in [1.165, 1.54) is 0 Å². The SMILES string of the molecule is CCc1cc(N2CCN(C)C(=O)C2)ccc1Nc1ncc(C(F)(F)F)c(NCCCN2CCOCCC2=O)n1. The van der Waals surface area contributed by atoms with E-state index in [0.29, 0.717) is 64.3 Å². The smallest absolute Gasteiger partial charge is 0.379 e. The number of carbonyl (C=O) groups excluding carboxylic acids is 2. The Labute approximate surface area is 225 Å². The number of nitrogens with one attached hydrogen (secondary N) is 2. The van der Waals surface area contributed by atoms with Crippen LogP contribution in [0.2, 0.25) is 0 Å². The van der Waals surface area contributed by atoms with Crippen LogP contribution in [0, 0.1) is 0 Å². The first-order valence-corrected chi connectivity index (χ1v) is 13.1. The zero-order valence-electron chi connectivity index (χ0n) is 22.2. The van der Waals surface area contributed by atoms with E-state index in [1.54, 1.807) is 16.8 Å². The molecule has 0 aliphatic carbocycles. The zero-order chi connectivity index (χ0) is 28.0. The summed E-state index contributed by atoms with van der Waals surface area (Å²) >= 11 is 0. The summed E-state index contributed by atoms with van der Waals surface area (Å²) < 4.78 is 46.3. The highest BCUT2D eigenvalue weighted by atomic mass is 19.4. The highest BCUT2D eigenvalue weighted by molar-refractivity contribution is 5.83. The van der Waals surface area contributed by atoms with Crippen molar-refractivity contribution in [2.75, 3.05) is 75.1 Å². The molecule has 0 saturated carbocycles. The Kier molecular flexibility index (Phi) is 9.10. The molecule has 2 fully saturated rings. The van der Waals surface area contributed by atoms with Gasteiger partial charge in [0.25, 0.3) is 0 Å². The van der Waals surface area contributed by atoms with Crippen LogP contribution in [0.1, 0.15) is 30.9 Å². The fraction of sp³-hybridized carbons (Fsp3) is 0.538. The molecule has 0 radical (unpaired) electrons. The lowest BCUT2D eigenvalue weighted by atomic mass is 10.1. The summed E-state index contributed by atoms with van der Waals surface area (Å²) in [6.07, 6.45) is -2.45. The quantitative estimate of drug-likeness (QED) is 0.460. The third-order valence-electron chi connectivity index (χ3n) is 6.85. The van der Waals surface area contributed by atoms with Gasteiger partial charge in [-0.25, -0.2) is 4.98 Å². The van der Waals surface area contributed by atoms with Gasteiger partial charge in [0.2, 0.25) is 17.8 Å². The third-order valence-corrected chi connectivity index (χ3v) is 6.85. The molecule has 4 rings (SSSR count). The van der Waals surface area contributed by atoms with Crippen molar-refractivity contribution in [2.45, 2.75) is 32.4 Å². The summed E-state index contributed by atoms with van der Waals surface area (Å²) in [5, 5.41) is 5.83. The fourth-order valence-corrected chi connectivity index (χ4v) is 4.51. The zero-order valence-corrected chi connectivity index (χ0v) is 22.2. The second-order valence-electron chi connectivity index (χ2n) is 9.53. The molecule has 2 amide bonds. The molecule has 1 aromatic heterocycles. The summed E-state index contributed by atoms with van der Waals surface area (Å²) in [5.41, 5.74) is 1.54. The Morgan fingerprint density at radius 2 is 1.92 bits per heavy atom. The molecule has 13 heteroatoms. The average molecular weight is 550 g/mol. The van der Waals surface area contributed by atoms with Crippen LogP contribution in [-0.2, 0) is 26.9 Å². The number of piperazine rings is 1. The van der Waals surface area contributed by atoms with Gasteiger partial charge in [-0.1, -0.05) is 6.92 Å². The Balaban J connectivity index is 1.45. The summed E-state index contributed by atoms with van der Waals surface area (Å²) in [7, 11) is 1.78. The van der Waals surface area contributed by atoms with Crippen LogP contribution in [0.25, 0.3) is 0 Å². The number of hydrogen-bond donors (Lipinski definition) is 2. The molecule has 212 valence electrons. The largest absolute Gasteiger partial charge is 0.421 e. The van der Waals surface area contributed by atoms with Crippen molar-refractivity contribution in [2.24, 2.45) is 0 Å². The van der Waals surface area contributed by atoms with Crippen LogP contribution in [0.15, 0.2) is 24.4 Å². The predicted octanol–water partition coefficient (Wildman–Crippen LogP) is 3.13. The number of aromatic nitrogens is 2. The second kappa shape index (κ2) is 12.5. The lowest BCUT2D eigenvalue weighted by Crippen LogP contribution is -2.48. The molecule has 2 aromatic rings. The maximum absolute atomic E-state index is 13.7. The number of alkyl halides is 3. The predicted molar refractivity (Wildman–Crippen MR) is 141 cm³/mol. The van der Waals surface area contributed by atoms with Gasteiger partial charge < -0.3 is 30.1 Å². The molecule has 39 heavy (non-hydrogen) atoms. The molecular formula is C26H34F3N7O3. The van der Waals surface area contributed by atoms with Crippen LogP contribution in [0.4, 0.5) is 36.3 Å². The van der Waals surface area contributed by atoms with E-state index in [1.807, 2.05) is 30.0 Å². The minimum Gasteiger partial charge on any atom is -0.379 e. The molecule has 3 heterocycles. The highest BCUT2D eigenvalue weighted by Crippen LogP contribution is 2.34. The molecule has 0 bridgehead atoms. The van der Waals surface area contributed by atoms with Crippen molar-refractivity contribution in [3.05, 3.63) is 35.5 Å². The highest BCUT2D eigenvalue weighted by Gasteiger charge is 2.35. The topological polar surface area (TPSA) is 103 Å². The van der Waals surface area contributed by atoms with Crippen LogP contribution < -0.4 is 15.5 Å². The molecule has 2 aliphatic rings. The number of halogens is 3. The van der Waals surface area contributed by atoms with Gasteiger partial charge in [0.1, 0.15) is 11.4 Å². The van der Waals surface area contributed by atoms with Gasteiger partial charge >= 0.3 is 6.18 Å². The summed E-state index contributed by atoms with van der Waals surface area (Å²) in [6, 6.07) is 5.67. The summed E-state index contributed by atoms with van der Waals surface area (Å²) in [6.45, 7) is 5.54. The second-order valence-corrected chi connectivity index (χ2v) is 9.53. The molecule has 1 aromatic carbocycles. The molecule has 0 atom stereocenters. The van der Waals surface area contributed by atoms with Crippen LogP contribution in [0.3, 0.4) is 0 Å². The lowest BCUT2D eigenvalue weighted by Gasteiger charge is -2.33. The van der Waals surface area contributed by atoms with Gasteiger partial charge in [0.15, 0.2) is 0 Å². The normalized spacial score (nSPS) is 16.9. The fourth-order valence-electron chi connectivity index (χ4n) is 4.51. The van der Waals surface area contributed by atoms with E-state index in [0.717, 1.165) is 24.0 Å². The number of aryl methyl sites for hydroxylation is 1. The molecule has 0 unspecified atom stereocenters. The first-order valence-electron chi connectivity index (χ1n) is 13.1. The number of rotatable bonds is 9. The van der Waals surface area contributed by atoms with Gasteiger partial charge in [-0.05, 0) is 36.6 Å². The Morgan fingerprint density at radius 1 is 1.10 bits per heavy atom. The number of likely N-dealkylation sites (N-methyl/N-ethyl adjacent to an activating group) is 1. The molecule has 2 N–H and O–H groups in total. The molecule has 0 spiro atoms. The molecule has 2 saturated heterocycles. The van der Waals surface area contributed by atoms with E-state index >= 15 is 0 Å². The van der Waals surface area contributed by atoms with Gasteiger partial charge in [0, 0.05) is 57.3 Å². The van der Waals surface area contributed by atoms with Gasteiger partial charge in [-0.3, -0.25) is 9.59 Å². The monoisotopic (exact) mass is 549 g/mol. The number of ether oxygens (including phenoxy) is 1. The van der Waals surface area contributed by atoms with Crippen molar-refractivity contribution < 1.29 is 27.5 Å². The summed E-state index contributed by atoms with van der Waals surface area (Å²) in [4.78, 5) is 37.7.